The Kier molecular flexibility index (Phi) is 4.85. The van der Waals surface area contributed by atoms with Gasteiger partial charge in [0.05, 0.1) is 7.11 Å². The molecule has 108 valence electrons. The van der Waals surface area contributed by atoms with E-state index in [4.69, 9.17) is 16.3 Å². The number of hydrogen-bond donors (Lipinski definition) is 2. The first-order valence-corrected chi connectivity index (χ1v) is 6.59. The molecule has 2 aromatic carbocycles. The van der Waals surface area contributed by atoms with Gasteiger partial charge in [-0.2, -0.15) is 0 Å². The number of rotatable bonds is 4. The molecule has 0 aliphatic rings. The maximum atomic E-state index is 12.0. The van der Waals surface area contributed by atoms with Crippen LogP contribution in [0.1, 0.15) is 5.56 Å². The minimum Gasteiger partial charge on any atom is -0.506 e. The lowest BCUT2D eigenvalue weighted by atomic mass is 10.2. The Morgan fingerprint density at radius 1 is 1.14 bits per heavy atom. The summed E-state index contributed by atoms with van der Waals surface area (Å²) in [5, 5.41) is 12.3. The summed E-state index contributed by atoms with van der Waals surface area (Å²) in [5.41, 5.74) is 1.00. The van der Waals surface area contributed by atoms with E-state index in [2.05, 4.69) is 5.32 Å². The molecule has 2 N–H and O–H groups in total. The van der Waals surface area contributed by atoms with Gasteiger partial charge in [0, 0.05) is 17.3 Å². The van der Waals surface area contributed by atoms with Crippen molar-refractivity contribution in [3.63, 3.8) is 0 Å². The van der Waals surface area contributed by atoms with Crippen LogP contribution in [0.15, 0.2) is 59.6 Å². The molecule has 0 spiro atoms. The van der Waals surface area contributed by atoms with Crippen LogP contribution in [-0.2, 0) is 4.79 Å². The fourth-order valence-electron chi connectivity index (χ4n) is 1.72. The van der Waals surface area contributed by atoms with Crippen LogP contribution in [0.3, 0.4) is 0 Å². The third-order valence-corrected chi connectivity index (χ3v) is 3.13. The summed E-state index contributed by atoms with van der Waals surface area (Å²) in [4.78, 5) is 12.0. The summed E-state index contributed by atoms with van der Waals surface area (Å²) >= 11 is 5.93. The monoisotopic (exact) mass is 303 g/mol. The number of amides is 1. The highest BCUT2D eigenvalue weighted by atomic mass is 35.5. The first-order chi connectivity index (χ1) is 10.1. The topological polar surface area (TPSA) is 58.6 Å². The van der Waals surface area contributed by atoms with Gasteiger partial charge in [-0.3, -0.25) is 4.79 Å². The fraction of sp³-hybridized carbons (Fsp3) is 0.0625. The minimum atomic E-state index is -0.591. The molecule has 0 aromatic heterocycles. The molecule has 0 aliphatic heterocycles. The highest BCUT2D eigenvalue weighted by molar-refractivity contribution is 6.46. The Labute approximate surface area is 127 Å². The molecule has 4 nitrogen and oxygen atoms in total. The smallest absolute Gasteiger partial charge is 0.271 e. The number of aliphatic hydroxyl groups excluding tert-OH is 1. The molecule has 21 heavy (non-hydrogen) atoms. The van der Waals surface area contributed by atoms with Gasteiger partial charge in [-0.1, -0.05) is 48.0 Å². The number of methoxy groups -OCH3 is 1. The van der Waals surface area contributed by atoms with Crippen molar-refractivity contribution in [1.29, 1.82) is 0 Å². The third kappa shape index (κ3) is 3.77. The largest absolute Gasteiger partial charge is 0.506 e. The van der Waals surface area contributed by atoms with E-state index in [1.807, 2.05) is 0 Å². The van der Waals surface area contributed by atoms with Crippen LogP contribution in [0.25, 0.3) is 5.76 Å². The number of hydrogen-bond acceptors (Lipinski definition) is 3. The summed E-state index contributed by atoms with van der Waals surface area (Å²) in [6.45, 7) is 0. The van der Waals surface area contributed by atoms with Gasteiger partial charge in [-0.25, -0.2) is 0 Å². The Morgan fingerprint density at radius 3 is 2.52 bits per heavy atom. The number of anilines is 1. The molecule has 2 aromatic rings. The van der Waals surface area contributed by atoms with Crippen molar-refractivity contribution in [1.82, 2.24) is 0 Å². The van der Waals surface area contributed by atoms with Gasteiger partial charge in [-0.15, -0.1) is 0 Å². The normalized spacial score (nSPS) is 11.5. The quantitative estimate of drug-likeness (QED) is 0.667. The van der Waals surface area contributed by atoms with E-state index in [-0.39, 0.29) is 10.8 Å². The van der Waals surface area contributed by atoms with Crippen molar-refractivity contribution in [3.8, 4) is 5.75 Å². The highest BCUT2D eigenvalue weighted by Crippen LogP contribution is 2.22. The predicted molar refractivity (Wildman–Crippen MR) is 83.5 cm³/mol. The molecule has 0 unspecified atom stereocenters. The first-order valence-electron chi connectivity index (χ1n) is 6.21. The summed E-state index contributed by atoms with van der Waals surface area (Å²) < 4.78 is 5.07. The Morgan fingerprint density at radius 2 is 1.86 bits per heavy atom. The van der Waals surface area contributed by atoms with Crippen LogP contribution >= 0.6 is 11.6 Å². The van der Waals surface area contributed by atoms with Gasteiger partial charge in [-0.05, 0) is 12.1 Å². The van der Waals surface area contributed by atoms with Crippen LogP contribution in [-0.4, -0.2) is 18.1 Å². The highest BCUT2D eigenvalue weighted by Gasteiger charge is 2.14. The summed E-state index contributed by atoms with van der Waals surface area (Å²) in [6, 6.07) is 15.5. The lowest BCUT2D eigenvalue weighted by Gasteiger charge is -2.08. The summed E-state index contributed by atoms with van der Waals surface area (Å²) in [6.07, 6.45) is 0. The zero-order chi connectivity index (χ0) is 15.2. The zero-order valence-electron chi connectivity index (χ0n) is 11.3. The predicted octanol–water partition coefficient (Wildman–Crippen LogP) is 3.80. The number of ether oxygens (including phenoxy) is 1. The molecule has 0 saturated carbocycles. The van der Waals surface area contributed by atoms with Gasteiger partial charge >= 0.3 is 0 Å². The summed E-state index contributed by atoms with van der Waals surface area (Å²) in [5.74, 6) is -0.246. The second kappa shape index (κ2) is 6.81. The van der Waals surface area contributed by atoms with Crippen LogP contribution < -0.4 is 10.1 Å². The average Bonchev–Trinajstić information content (AvgIpc) is 2.54. The average molecular weight is 304 g/mol. The summed E-state index contributed by atoms with van der Waals surface area (Å²) in [7, 11) is 1.54. The lowest BCUT2D eigenvalue weighted by Crippen LogP contribution is -2.13. The minimum absolute atomic E-state index is 0.266. The third-order valence-electron chi connectivity index (χ3n) is 2.78. The SMILES string of the molecule is COc1cccc(NC(=O)C(Cl)=C(O)c2ccccc2)c1. The molecule has 0 heterocycles. The van der Waals surface area contributed by atoms with Crippen LogP contribution in [0.4, 0.5) is 5.69 Å². The maximum absolute atomic E-state index is 12.0. The Bertz CT molecular complexity index is 668. The van der Waals surface area contributed by atoms with Crippen molar-refractivity contribution in [3.05, 3.63) is 65.2 Å². The van der Waals surface area contributed by atoms with Gasteiger partial charge in [0.2, 0.25) is 0 Å². The molecule has 0 atom stereocenters. The Hall–Kier alpha value is -2.46. The van der Waals surface area contributed by atoms with E-state index in [1.54, 1.807) is 54.6 Å². The van der Waals surface area contributed by atoms with Crippen molar-refractivity contribution in [2.75, 3.05) is 12.4 Å². The number of carbonyl (C=O) groups excluding carboxylic acids is 1. The number of benzene rings is 2. The molecular weight excluding hydrogens is 290 g/mol. The first kappa shape index (κ1) is 14.9. The van der Waals surface area contributed by atoms with Crippen LogP contribution in [0, 0.1) is 0 Å². The molecule has 0 bridgehead atoms. The number of aliphatic hydroxyl groups is 1. The van der Waals surface area contributed by atoms with Gasteiger partial charge in [0.15, 0.2) is 0 Å². The number of carbonyl (C=O) groups is 1. The number of nitrogens with one attached hydrogen (secondary N) is 1. The van der Waals surface area contributed by atoms with E-state index < -0.39 is 5.91 Å². The molecular formula is C16H14ClNO3. The van der Waals surface area contributed by atoms with Crippen LogP contribution in [0.5, 0.6) is 5.75 Å². The standard InChI is InChI=1S/C16H14ClNO3/c1-21-13-9-5-8-12(10-13)18-16(20)14(17)15(19)11-6-3-2-4-7-11/h2-10,19H,1H3,(H,18,20). The molecule has 0 radical (unpaired) electrons. The van der Waals surface area contributed by atoms with Crippen molar-refractivity contribution < 1.29 is 14.6 Å². The van der Waals surface area contributed by atoms with Crippen molar-refractivity contribution in [2.24, 2.45) is 0 Å². The Balaban J connectivity index is 2.19. The van der Waals surface area contributed by atoms with E-state index in [1.165, 1.54) is 7.11 Å². The van der Waals surface area contributed by atoms with Gasteiger partial charge in [0.1, 0.15) is 16.5 Å². The van der Waals surface area contributed by atoms with Crippen molar-refractivity contribution >= 4 is 29.0 Å². The van der Waals surface area contributed by atoms with Crippen LogP contribution in [0.2, 0.25) is 0 Å². The second-order valence-corrected chi connectivity index (χ2v) is 4.59. The molecule has 2 rings (SSSR count). The maximum Gasteiger partial charge on any atom is 0.271 e. The molecule has 0 fully saturated rings. The fourth-order valence-corrected chi connectivity index (χ4v) is 1.87. The van der Waals surface area contributed by atoms with Crippen molar-refractivity contribution in [2.45, 2.75) is 0 Å². The van der Waals surface area contributed by atoms with E-state index in [9.17, 15) is 9.90 Å². The molecule has 0 saturated heterocycles. The molecule has 0 aliphatic carbocycles. The van der Waals surface area contributed by atoms with Gasteiger partial charge < -0.3 is 15.2 Å². The zero-order valence-corrected chi connectivity index (χ0v) is 12.1. The molecule has 1 amide bonds. The van der Waals surface area contributed by atoms with E-state index in [0.717, 1.165) is 0 Å². The van der Waals surface area contributed by atoms with Gasteiger partial charge in [0.25, 0.3) is 5.91 Å². The lowest BCUT2D eigenvalue weighted by molar-refractivity contribution is -0.112. The number of halogens is 1. The van der Waals surface area contributed by atoms with E-state index >= 15 is 0 Å². The second-order valence-electron chi connectivity index (χ2n) is 4.21. The van der Waals surface area contributed by atoms with E-state index in [0.29, 0.717) is 17.0 Å². The molecule has 5 heteroatoms.